The van der Waals surface area contributed by atoms with Gasteiger partial charge in [-0.2, -0.15) is 5.10 Å². The highest BCUT2D eigenvalue weighted by Crippen LogP contribution is 2.64. The smallest absolute Gasteiger partial charge is 0.253 e. The first-order chi connectivity index (χ1) is 16.6. The molecule has 2 saturated heterocycles. The molecule has 4 heterocycles. The third-order valence-corrected chi connectivity index (χ3v) is 7.99. The Bertz CT molecular complexity index is 1230. The number of rotatable bonds is 4. The molecule has 2 aromatic heterocycles. The first-order valence-electron chi connectivity index (χ1n) is 12.4. The molecule has 1 aliphatic carbocycles. The van der Waals surface area contributed by atoms with Gasteiger partial charge in [-0.3, -0.25) is 9.59 Å². The predicted octanol–water partition coefficient (Wildman–Crippen LogP) is 3.09. The number of amides is 2. The fourth-order valence-electron chi connectivity index (χ4n) is 5.92. The van der Waals surface area contributed by atoms with E-state index in [2.05, 4.69) is 16.3 Å². The number of carbonyl (C=O) groups is 2. The molecular weight excluding hydrogens is 428 g/mol. The van der Waals surface area contributed by atoms with Crippen LogP contribution in [0.2, 0.25) is 0 Å². The van der Waals surface area contributed by atoms with E-state index in [1.807, 2.05) is 40.1 Å². The third-order valence-electron chi connectivity index (χ3n) is 7.99. The lowest BCUT2D eigenvalue weighted by molar-refractivity contribution is -0.130. The maximum Gasteiger partial charge on any atom is 0.253 e. The Kier molecular flexibility index (Phi) is 5.31. The average molecular weight is 459 g/mol. The largest absolute Gasteiger partial charge is 0.342 e. The van der Waals surface area contributed by atoms with E-state index in [1.165, 1.54) is 0 Å². The summed E-state index contributed by atoms with van der Waals surface area (Å²) >= 11 is 0. The van der Waals surface area contributed by atoms with Gasteiger partial charge in [-0.15, -0.1) is 10.2 Å². The first-order valence-corrected chi connectivity index (χ1v) is 12.4. The number of aromatic nitrogens is 4. The van der Waals surface area contributed by atoms with Crippen molar-refractivity contribution in [2.24, 2.45) is 5.41 Å². The van der Waals surface area contributed by atoms with E-state index >= 15 is 0 Å². The highest BCUT2D eigenvalue weighted by molar-refractivity contribution is 5.94. The Morgan fingerprint density at radius 3 is 2.71 bits per heavy atom. The Balaban J connectivity index is 1.09. The van der Waals surface area contributed by atoms with E-state index in [-0.39, 0.29) is 17.2 Å². The predicted molar refractivity (Wildman–Crippen MR) is 126 cm³/mol. The number of carbonyl (C=O) groups excluding carboxylic acids is 2. The molecule has 176 valence electrons. The number of hydrogen-bond donors (Lipinski definition) is 0. The molecule has 2 unspecified atom stereocenters. The van der Waals surface area contributed by atoms with Crippen molar-refractivity contribution in [3.05, 3.63) is 59.5 Å². The second kappa shape index (κ2) is 8.49. The maximum absolute atomic E-state index is 13.2. The second-order valence-electron chi connectivity index (χ2n) is 10.1. The number of likely N-dealkylation sites (tertiary alicyclic amines) is 2. The maximum atomic E-state index is 13.2. The molecule has 34 heavy (non-hydrogen) atoms. The van der Waals surface area contributed by atoms with Crippen LogP contribution in [0.25, 0.3) is 5.65 Å². The van der Waals surface area contributed by atoms with Gasteiger partial charge in [0, 0.05) is 37.7 Å². The number of hydrogen-bond acceptors (Lipinski definition) is 5. The van der Waals surface area contributed by atoms with Crippen molar-refractivity contribution in [3.8, 4) is 0 Å². The lowest BCUT2D eigenvalue weighted by atomic mass is 9.93. The van der Waals surface area contributed by atoms with E-state index in [4.69, 9.17) is 5.10 Å². The highest BCUT2D eigenvalue weighted by Gasteiger charge is 2.55. The Morgan fingerprint density at radius 2 is 1.82 bits per heavy atom. The highest BCUT2D eigenvalue weighted by atomic mass is 16.2. The molecule has 1 aromatic carbocycles. The first kappa shape index (κ1) is 21.3. The van der Waals surface area contributed by atoms with Gasteiger partial charge in [0.25, 0.3) is 5.91 Å². The van der Waals surface area contributed by atoms with Crippen LogP contribution in [0.4, 0.5) is 0 Å². The fourth-order valence-corrected chi connectivity index (χ4v) is 5.92. The van der Waals surface area contributed by atoms with Crippen molar-refractivity contribution in [2.75, 3.05) is 26.2 Å². The van der Waals surface area contributed by atoms with Crippen LogP contribution in [0.1, 0.15) is 66.1 Å². The van der Waals surface area contributed by atoms with Crippen LogP contribution in [0, 0.1) is 5.41 Å². The molecule has 3 fully saturated rings. The quantitative estimate of drug-likeness (QED) is 0.600. The SMILES string of the molecule is O=C(Cc1cccc(C(=O)N2CCCC2)c1)N1CCCC2(CC1)CC2c1ccc2nncn2n1. The van der Waals surface area contributed by atoms with E-state index in [0.29, 0.717) is 17.9 Å². The van der Waals surface area contributed by atoms with Crippen LogP contribution in [0.5, 0.6) is 0 Å². The minimum atomic E-state index is 0.0848. The normalized spacial score (nSPS) is 24.5. The Morgan fingerprint density at radius 1 is 0.971 bits per heavy atom. The van der Waals surface area contributed by atoms with Crippen molar-refractivity contribution in [1.82, 2.24) is 29.6 Å². The summed E-state index contributed by atoms with van der Waals surface area (Å²) in [5, 5.41) is 12.7. The monoisotopic (exact) mass is 458 g/mol. The molecule has 8 heteroatoms. The molecule has 2 atom stereocenters. The van der Waals surface area contributed by atoms with Crippen LogP contribution < -0.4 is 0 Å². The van der Waals surface area contributed by atoms with E-state index in [9.17, 15) is 9.59 Å². The summed E-state index contributed by atoms with van der Waals surface area (Å²) in [6.45, 7) is 3.26. The summed E-state index contributed by atoms with van der Waals surface area (Å²) in [5.74, 6) is 0.688. The van der Waals surface area contributed by atoms with Crippen LogP contribution in [-0.4, -0.2) is 67.6 Å². The van der Waals surface area contributed by atoms with Gasteiger partial charge in [-0.1, -0.05) is 12.1 Å². The third kappa shape index (κ3) is 3.95. The molecule has 1 spiro atoms. The summed E-state index contributed by atoms with van der Waals surface area (Å²) in [6.07, 6.45) is 8.45. The topological polar surface area (TPSA) is 83.7 Å². The Hall–Kier alpha value is -3.29. The molecule has 2 aliphatic heterocycles. The average Bonchev–Trinajstić information content (AvgIpc) is 3.17. The van der Waals surface area contributed by atoms with Crippen LogP contribution >= 0.6 is 0 Å². The zero-order valence-electron chi connectivity index (χ0n) is 19.4. The van der Waals surface area contributed by atoms with Gasteiger partial charge in [0.15, 0.2) is 5.65 Å². The molecule has 3 aromatic rings. The Labute approximate surface area is 199 Å². The molecule has 0 radical (unpaired) electrons. The standard InChI is InChI=1S/C26H30N6O2/c33-24(16-19-5-3-6-20(15-19)25(34)31-11-1-2-12-31)30-13-4-9-26(10-14-30)17-21(26)22-7-8-23-28-27-18-32(23)29-22/h3,5-8,15,18,21H,1-2,4,9-14,16-17H2. The molecule has 2 amide bonds. The molecule has 1 saturated carbocycles. The number of nitrogens with zero attached hydrogens (tertiary/aromatic N) is 6. The van der Waals surface area contributed by atoms with Crippen LogP contribution in [0.3, 0.4) is 0 Å². The number of benzene rings is 1. The zero-order chi connectivity index (χ0) is 23.1. The molecule has 3 aliphatic rings. The second-order valence-corrected chi connectivity index (χ2v) is 10.1. The number of fused-ring (bicyclic) bond motifs is 1. The van der Waals surface area contributed by atoms with E-state index < -0.39 is 0 Å². The summed E-state index contributed by atoms with van der Waals surface area (Å²) in [7, 11) is 0. The molecular formula is C26H30N6O2. The summed E-state index contributed by atoms with van der Waals surface area (Å²) < 4.78 is 1.75. The molecule has 0 N–H and O–H groups in total. The van der Waals surface area contributed by atoms with Crippen molar-refractivity contribution in [1.29, 1.82) is 0 Å². The van der Waals surface area contributed by atoms with Crippen molar-refractivity contribution >= 4 is 17.5 Å². The minimum absolute atomic E-state index is 0.0848. The fraction of sp³-hybridized carbons (Fsp3) is 0.500. The lowest BCUT2D eigenvalue weighted by Gasteiger charge is -2.21. The van der Waals surface area contributed by atoms with E-state index in [0.717, 1.165) is 81.6 Å². The van der Waals surface area contributed by atoms with Crippen molar-refractivity contribution in [2.45, 2.75) is 50.9 Å². The van der Waals surface area contributed by atoms with Gasteiger partial charge >= 0.3 is 0 Å². The van der Waals surface area contributed by atoms with Crippen molar-refractivity contribution in [3.63, 3.8) is 0 Å². The molecule has 8 nitrogen and oxygen atoms in total. The molecule has 0 bridgehead atoms. The summed E-state index contributed by atoms with van der Waals surface area (Å²) in [6, 6.07) is 11.7. The van der Waals surface area contributed by atoms with Gasteiger partial charge in [0.1, 0.15) is 6.33 Å². The van der Waals surface area contributed by atoms with Crippen LogP contribution in [-0.2, 0) is 11.2 Å². The van der Waals surface area contributed by atoms with Crippen molar-refractivity contribution < 1.29 is 9.59 Å². The van der Waals surface area contributed by atoms with Gasteiger partial charge in [0.2, 0.25) is 5.91 Å². The van der Waals surface area contributed by atoms with Gasteiger partial charge < -0.3 is 9.80 Å². The minimum Gasteiger partial charge on any atom is -0.342 e. The van der Waals surface area contributed by atoms with Gasteiger partial charge in [-0.05, 0) is 73.8 Å². The lowest BCUT2D eigenvalue weighted by Crippen LogP contribution is -2.33. The van der Waals surface area contributed by atoms with Crippen LogP contribution in [0.15, 0.2) is 42.7 Å². The van der Waals surface area contributed by atoms with E-state index in [1.54, 1.807) is 10.8 Å². The van der Waals surface area contributed by atoms with Gasteiger partial charge in [0.05, 0.1) is 12.1 Å². The zero-order valence-corrected chi connectivity index (χ0v) is 19.4. The van der Waals surface area contributed by atoms with Gasteiger partial charge in [-0.25, -0.2) is 4.52 Å². The summed E-state index contributed by atoms with van der Waals surface area (Å²) in [5.41, 5.74) is 3.74. The summed E-state index contributed by atoms with van der Waals surface area (Å²) in [4.78, 5) is 29.8. The molecule has 6 rings (SSSR count).